The van der Waals surface area contributed by atoms with Crippen LogP contribution in [0.1, 0.15) is 5.56 Å². The number of rotatable bonds is 3. The minimum Gasteiger partial charge on any atom is -0.329 e. The van der Waals surface area contributed by atoms with E-state index in [0.717, 1.165) is 13.1 Å². The molecule has 0 aliphatic carbocycles. The molecule has 3 heteroatoms. The zero-order valence-electron chi connectivity index (χ0n) is 8.93. The lowest BCUT2D eigenvalue weighted by Gasteiger charge is -2.34. The van der Waals surface area contributed by atoms with Crippen molar-refractivity contribution in [2.24, 2.45) is 5.73 Å². The summed E-state index contributed by atoms with van der Waals surface area (Å²) < 4.78 is 0. The first-order valence-electron chi connectivity index (χ1n) is 5.46. The maximum Gasteiger partial charge on any atom is 0.0312 e. The van der Waals surface area contributed by atoms with Crippen molar-refractivity contribution in [1.82, 2.24) is 4.90 Å². The highest BCUT2D eigenvalue weighted by Gasteiger charge is 2.20. The van der Waals surface area contributed by atoms with Crippen molar-refractivity contribution in [3.8, 4) is 0 Å². The molecule has 0 saturated carbocycles. The third-order valence-electron chi connectivity index (χ3n) is 2.85. The van der Waals surface area contributed by atoms with Crippen LogP contribution in [0.2, 0.25) is 0 Å². The van der Waals surface area contributed by atoms with Gasteiger partial charge in [0.05, 0.1) is 0 Å². The van der Waals surface area contributed by atoms with Crippen molar-refractivity contribution < 1.29 is 0 Å². The van der Waals surface area contributed by atoms with Crippen molar-refractivity contribution >= 4 is 11.8 Å². The van der Waals surface area contributed by atoms with Crippen molar-refractivity contribution in [3.05, 3.63) is 35.9 Å². The van der Waals surface area contributed by atoms with Gasteiger partial charge in [0.2, 0.25) is 0 Å². The molecule has 1 aromatic rings. The Bertz CT molecular complexity index is 289. The van der Waals surface area contributed by atoms with Crippen molar-refractivity contribution in [2.75, 3.05) is 24.6 Å². The minimum absolute atomic E-state index is 0.559. The van der Waals surface area contributed by atoms with Gasteiger partial charge in [0.25, 0.3) is 0 Å². The summed E-state index contributed by atoms with van der Waals surface area (Å²) >= 11 is 2.02. The fourth-order valence-electron chi connectivity index (χ4n) is 1.93. The van der Waals surface area contributed by atoms with Gasteiger partial charge in [0, 0.05) is 37.2 Å². The summed E-state index contributed by atoms with van der Waals surface area (Å²) in [7, 11) is 0. The first kappa shape index (κ1) is 11.0. The first-order valence-corrected chi connectivity index (χ1v) is 6.61. The third kappa shape index (κ3) is 2.97. The number of hydrogen-bond donors (Lipinski definition) is 1. The van der Waals surface area contributed by atoms with Crippen molar-refractivity contribution in [1.29, 1.82) is 0 Å². The van der Waals surface area contributed by atoms with Gasteiger partial charge in [-0.25, -0.2) is 0 Å². The Labute approximate surface area is 95.8 Å². The molecular weight excluding hydrogens is 204 g/mol. The summed E-state index contributed by atoms with van der Waals surface area (Å²) in [6.07, 6.45) is 0. The van der Waals surface area contributed by atoms with Gasteiger partial charge in [0.1, 0.15) is 0 Å². The van der Waals surface area contributed by atoms with E-state index in [0.29, 0.717) is 6.04 Å². The summed E-state index contributed by atoms with van der Waals surface area (Å²) in [5.74, 6) is 2.42. The van der Waals surface area contributed by atoms with Crippen LogP contribution >= 0.6 is 11.8 Å². The van der Waals surface area contributed by atoms with Gasteiger partial charge in [0.15, 0.2) is 0 Å². The standard InChI is InChI=1S/C12H18N2S/c13-8-12-10-15-7-6-14(12)9-11-4-2-1-3-5-11/h1-5,12H,6-10,13H2/t12-/m0/s1. The van der Waals surface area contributed by atoms with E-state index in [4.69, 9.17) is 5.73 Å². The van der Waals surface area contributed by atoms with Gasteiger partial charge >= 0.3 is 0 Å². The van der Waals surface area contributed by atoms with Crippen LogP contribution in [-0.4, -0.2) is 35.5 Å². The normalized spacial score (nSPS) is 22.9. The average Bonchev–Trinajstić information content (AvgIpc) is 2.31. The molecule has 1 aliphatic heterocycles. The molecule has 0 amide bonds. The summed E-state index contributed by atoms with van der Waals surface area (Å²) in [6.45, 7) is 2.99. The second-order valence-electron chi connectivity index (χ2n) is 3.92. The molecule has 0 aromatic heterocycles. The second kappa shape index (κ2) is 5.54. The van der Waals surface area contributed by atoms with E-state index in [1.54, 1.807) is 0 Å². The lowest BCUT2D eigenvalue weighted by molar-refractivity contribution is 0.215. The van der Waals surface area contributed by atoms with Gasteiger partial charge in [-0.05, 0) is 5.56 Å². The van der Waals surface area contributed by atoms with Crippen LogP contribution in [0.25, 0.3) is 0 Å². The van der Waals surface area contributed by atoms with E-state index in [-0.39, 0.29) is 0 Å². The summed E-state index contributed by atoms with van der Waals surface area (Å²) in [6, 6.07) is 11.2. The first-order chi connectivity index (χ1) is 7.40. The van der Waals surface area contributed by atoms with Crippen LogP contribution in [0.3, 0.4) is 0 Å². The van der Waals surface area contributed by atoms with E-state index in [9.17, 15) is 0 Å². The maximum atomic E-state index is 5.79. The smallest absolute Gasteiger partial charge is 0.0312 e. The zero-order valence-corrected chi connectivity index (χ0v) is 9.75. The van der Waals surface area contributed by atoms with Crippen LogP contribution in [0, 0.1) is 0 Å². The molecule has 1 aromatic carbocycles. The molecule has 1 fully saturated rings. The van der Waals surface area contributed by atoms with Gasteiger partial charge < -0.3 is 5.73 Å². The largest absolute Gasteiger partial charge is 0.329 e. The average molecular weight is 222 g/mol. The van der Waals surface area contributed by atoms with E-state index >= 15 is 0 Å². The molecule has 2 nitrogen and oxygen atoms in total. The minimum atomic E-state index is 0.559. The SMILES string of the molecule is NC[C@H]1CSCCN1Cc1ccccc1. The molecule has 2 rings (SSSR count). The van der Waals surface area contributed by atoms with Crippen molar-refractivity contribution in [3.63, 3.8) is 0 Å². The molecule has 0 spiro atoms. The van der Waals surface area contributed by atoms with Gasteiger partial charge in [-0.2, -0.15) is 11.8 Å². The molecule has 1 aliphatic rings. The topological polar surface area (TPSA) is 29.3 Å². The van der Waals surface area contributed by atoms with E-state index in [2.05, 4.69) is 35.2 Å². The Morgan fingerprint density at radius 3 is 2.87 bits per heavy atom. The van der Waals surface area contributed by atoms with E-state index in [1.165, 1.54) is 23.6 Å². The highest BCUT2D eigenvalue weighted by atomic mass is 32.2. The van der Waals surface area contributed by atoms with E-state index in [1.807, 2.05) is 11.8 Å². The Kier molecular flexibility index (Phi) is 4.06. The number of thioether (sulfide) groups is 1. The van der Waals surface area contributed by atoms with Crippen LogP contribution < -0.4 is 5.73 Å². The lowest BCUT2D eigenvalue weighted by Crippen LogP contribution is -2.46. The third-order valence-corrected chi connectivity index (χ3v) is 3.94. The Morgan fingerprint density at radius 1 is 1.33 bits per heavy atom. The molecule has 0 radical (unpaired) electrons. The predicted molar refractivity (Wildman–Crippen MR) is 67.0 cm³/mol. The summed E-state index contributed by atoms with van der Waals surface area (Å²) in [5, 5.41) is 0. The molecule has 2 N–H and O–H groups in total. The van der Waals surface area contributed by atoms with Gasteiger partial charge in [-0.3, -0.25) is 4.90 Å². The van der Waals surface area contributed by atoms with Gasteiger partial charge in [-0.15, -0.1) is 0 Å². The Morgan fingerprint density at radius 2 is 2.13 bits per heavy atom. The number of benzene rings is 1. The van der Waals surface area contributed by atoms with Crippen LogP contribution in [0.15, 0.2) is 30.3 Å². The maximum absolute atomic E-state index is 5.79. The monoisotopic (exact) mass is 222 g/mol. The molecule has 0 unspecified atom stereocenters. The highest BCUT2D eigenvalue weighted by Crippen LogP contribution is 2.18. The molecule has 1 atom stereocenters. The fraction of sp³-hybridized carbons (Fsp3) is 0.500. The number of nitrogens with zero attached hydrogens (tertiary/aromatic N) is 1. The van der Waals surface area contributed by atoms with E-state index < -0.39 is 0 Å². The predicted octanol–water partition coefficient (Wildman–Crippen LogP) is 1.56. The highest BCUT2D eigenvalue weighted by molar-refractivity contribution is 7.99. The Hall–Kier alpha value is -0.510. The number of hydrogen-bond acceptors (Lipinski definition) is 3. The molecule has 15 heavy (non-hydrogen) atoms. The molecule has 1 saturated heterocycles. The molecular formula is C12H18N2S. The quantitative estimate of drug-likeness (QED) is 0.841. The molecule has 1 heterocycles. The fourth-order valence-corrected chi connectivity index (χ4v) is 3.08. The van der Waals surface area contributed by atoms with Crippen LogP contribution in [-0.2, 0) is 6.54 Å². The van der Waals surface area contributed by atoms with Crippen LogP contribution in [0.4, 0.5) is 0 Å². The lowest BCUT2D eigenvalue weighted by atomic mass is 10.2. The molecule has 0 bridgehead atoms. The second-order valence-corrected chi connectivity index (χ2v) is 5.07. The number of nitrogens with two attached hydrogens (primary N) is 1. The van der Waals surface area contributed by atoms with Crippen LogP contribution in [0.5, 0.6) is 0 Å². The molecule has 82 valence electrons. The summed E-state index contributed by atoms with van der Waals surface area (Å²) in [5.41, 5.74) is 7.18. The summed E-state index contributed by atoms with van der Waals surface area (Å²) in [4.78, 5) is 2.51. The zero-order chi connectivity index (χ0) is 10.5. The Balaban J connectivity index is 1.97. The van der Waals surface area contributed by atoms with Crippen molar-refractivity contribution in [2.45, 2.75) is 12.6 Å². The van der Waals surface area contributed by atoms with Gasteiger partial charge in [-0.1, -0.05) is 30.3 Å².